The van der Waals surface area contributed by atoms with Crippen molar-refractivity contribution in [3.8, 4) is 0 Å². The van der Waals surface area contributed by atoms with E-state index in [1.807, 2.05) is 0 Å². The number of aromatic nitrogens is 2. The smallest absolute Gasteiger partial charge is 0.137 e. The Kier molecular flexibility index (Phi) is 5.44. The van der Waals surface area contributed by atoms with Gasteiger partial charge in [0.1, 0.15) is 11.5 Å². The molecule has 2 aromatic heterocycles. The molecule has 0 aromatic carbocycles. The van der Waals surface area contributed by atoms with E-state index in [-0.39, 0.29) is 0 Å². The first kappa shape index (κ1) is 16.2. The maximum absolute atomic E-state index is 5.52. The van der Waals surface area contributed by atoms with E-state index in [1.54, 1.807) is 0 Å². The van der Waals surface area contributed by atoms with Crippen LogP contribution >= 0.6 is 0 Å². The molecule has 0 amide bonds. The fraction of sp³-hybridized carbons (Fsp3) is 0.579. The van der Waals surface area contributed by atoms with Gasteiger partial charge in [-0.25, -0.2) is 0 Å². The maximum atomic E-state index is 5.52. The van der Waals surface area contributed by atoms with Crippen LogP contribution in [-0.4, -0.2) is 21.6 Å². The van der Waals surface area contributed by atoms with Crippen molar-refractivity contribution in [2.24, 2.45) is 0 Å². The molecule has 1 atom stereocenters. The van der Waals surface area contributed by atoms with Crippen molar-refractivity contribution in [3.05, 3.63) is 47.1 Å². The molecule has 124 valence electrons. The van der Waals surface area contributed by atoms with Gasteiger partial charge in [-0.1, -0.05) is 31.0 Å². The summed E-state index contributed by atoms with van der Waals surface area (Å²) >= 11 is 0. The first-order valence-corrected chi connectivity index (χ1v) is 8.88. The van der Waals surface area contributed by atoms with Crippen LogP contribution in [-0.2, 0) is 13.0 Å². The van der Waals surface area contributed by atoms with Crippen LogP contribution in [0, 0.1) is 6.92 Å². The second kappa shape index (κ2) is 7.73. The molecule has 1 saturated heterocycles. The third-order valence-corrected chi connectivity index (χ3v) is 4.59. The first-order valence-electron chi connectivity index (χ1n) is 8.88. The van der Waals surface area contributed by atoms with Crippen molar-refractivity contribution in [3.63, 3.8) is 0 Å². The van der Waals surface area contributed by atoms with Gasteiger partial charge in [0, 0.05) is 24.7 Å². The third kappa shape index (κ3) is 4.20. The highest BCUT2D eigenvalue weighted by atomic mass is 16.5. The Hall–Kier alpha value is -1.68. The Bertz CT molecular complexity index is 623. The Morgan fingerprint density at radius 3 is 3.00 bits per heavy atom. The van der Waals surface area contributed by atoms with E-state index in [0.717, 1.165) is 55.2 Å². The number of aryl methyl sites for hydroxylation is 2. The van der Waals surface area contributed by atoms with Crippen LogP contribution in [0.3, 0.4) is 0 Å². The first-order chi connectivity index (χ1) is 11.3. The van der Waals surface area contributed by atoms with Crippen LogP contribution in [0.2, 0.25) is 0 Å². The average Bonchev–Trinajstić information content (AvgIpc) is 2.87. The molecule has 0 saturated carbocycles. The number of hydrogen-bond acceptors (Lipinski definition) is 4. The Labute approximate surface area is 138 Å². The quantitative estimate of drug-likeness (QED) is 0.818. The fourth-order valence-electron chi connectivity index (χ4n) is 3.44. The second-order valence-corrected chi connectivity index (χ2v) is 6.57. The number of pyridine rings is 1. The summed E-state index contributed by atoms with van der Waals surface area (Å²) in [5.74, 6) is 1.01. The minimum atomic E-state index is 0.356. The monoisotopic (exact) mass is 313 g/mol. The molecule has 0 aliphatic carbocycles. The number of rotatable bonds is 5. The molecule has 4 nitrogen and oxygen atoms in total. The number of hydrogen-bond donors (Lipinski definition) is 0. The standard InChI is InChI=1S/C19H27N3O/c1-3-8-17-13-18(21-23-17)19-11-5-4-6-12-22(19)14-16-10-7-9-15(2)20-16/h7,9-10,13,19H,3-6,8,11-12,14H2,1-2H3/t19-/m0/s1. The van der Waals surface area contributed by atoms with Gasteiger partial charge in [-0.15, -0.1) is 0 Å². The van der Waals surface area contributed by atoms with Gasteiger partial charge in [0.25, 0.3) is 0 Å². The molecule has 1 aliphatic rings. The van der Waals surface area contributed by atoms with E-state index in [9.17, 15) is 0 Å². The SMILES string of the molecule is CCCc1cc([C@@H]2CCCCCN2Cc2cccc(C)n2)no1. The molecule has 2 aromatic rings. The van der Waals surface area contributed by atoms with E-state index in [0.29, 0.717) is 6.04 Å². The molecule has 0 radical (unpaired) electrons. The molecule has 1 aliphatic heterocycles. The van der Waals surface area contributed by atoms with Crippen LogP contribution in [0.4, 0.5) is 0 Å². The molecule has 3 rings (SSSR count). The van der Waals surface area contributed by atoms with Crippen LogP contribution in [0.25, 0.3) is 0 Å². The molecule has 4 heteroatoms. The van der Waals surface area contributed by atoms with Crippen LogP contribution in [0.15, 0.2) is 28.8 Å². The molecule has 23 heavy (non-hydrogen) atoms. The average molecular weight is 313 g/mol. The zero-order valence-electron chi connectivity index (χ0n) is 14.3. The van der Waals surface area contributed by atoms with Crippen molar-refractivity contribution < 1.29 is 4.52 Å². The highest BCUT2D eigenvalue weighted by Gasteiger charge is 2.26. The maximum Gasteiger partial charge on any atom is 0.137 e. The summed E-state index contributed by atoms with van der Waals surface area (Å²) in [5.41, 5.74) is 3.33. The molecule has 1 fully saturated rings. The van der Waals surface area contributed by atoms with E-state index in [4.69, 9.17) is 4.52 Å². The molecule has 0 unspecified atom stereocenters. The summed E-state index contributed by atoms with van der Waals surface area (Å²) < 4.78 is 5.52. The van der Waals surface area contributed by atoms with Gasteiger partial charge in [-0.05, 0) is 44.9 Å². The predicted molar refractivity (Wildman–Crippen MR) is 91.1 cm³/mol. The van der Waals surface area contributed by atoms with Gasteiger partial charge in [-0.3, -0.25) is 9.88 Å². The molecule has 0 bridgehead atoms. The van der Waals surface area contributed by atoms with Crippen LogP contribution < -0.4 is 0 Å². The summed E-state index contributed by atoms with van der Waals surface area (Å²) in [6.45, 7) is 6.22. The lowest BCUT2D eigenvalue weighted by molar-refractivity contribution is 0.181. The predicted octanol–water partition coefficient (Wildman–Crippen LogP) is 4.45. The van der Waals surface area contributed by atoms with Gasteiger partial charge in [-0.2, -0.15) is 0 Å². The molecular weight excluding hydrogens is 286 g/mol. The van der Waals surface area contributed by atoms with Crippen molar-refractivity contribution in [2.45, 2.75) is 65.0 Å². The Morgan fingerprint density at radius 2 is 2.17 bits per heavy atom. The van der Waals surface area contributed by atoms with E-state index in [1.165, 1.54) is 19.3 Å². The normalized spacial score (nSPS) is 19.7. The molecule has 3 heterocycles. The van der Waals surface area contributed by atoms with Gasteiger partial charge in [0.05, 0.1) is 11.7 Å². The topological polar surface area (TPSA) is 42.2 Å². The van der Waals surface area contributed by atoms with Crippen molar-refractivity contribution in [2.75, 3.05) is 6.54 Å². The number of nitrogens with zero attached hydrogens (tertiary/aromatic N) is 3. The van der Waals surface area contributed by atoms with E-state index >= 15 is 0 Å². The highest BCUT2D eigenvalue weighted by Crippen LogP contribution is 2.31. The second-order valence-electron chi connectivity index (χ2n) is 6.57. The molecule has 0 N–H and O–H groups in total. The van der Waals surface area contributed by atoms with Crippen molar-refractivity contribution >= 4 is 0 Å². The Balaban J connectivity index is 1.79. The van der Waals surface area contributed by atoms with Crippen LogP contribution in [0.1, 0.15) is 67.9 Å². The van der Waals surface area contributed by atoms with Gasteiger partial charge in [0.15, 0.2) is 0 Å². The van der Waals surface area contributed by atoms with Gasteiger partial charge in [0.2, 0.25) is 0 Å². The van der Waals surface area contributed by atoms with Crippen molar-refractivity contribution in [1.82, 2.24) is 15.0 Å². The van der Waals surface area contributed by atoms with E-state index < -0.39 is 0 Å². The zero-order chi connectivity index (χ0) is 16.1. The lowest BCUT2D eigenvalue weighted by Gasteiger charge is -2.28. The summed E-state index contributed by atoms with van der Waals surface area (Å²) in [4.78, 5) is 7.21. The fourth-order valence-corrected chi connectivity index (χ4v) is 3.44. The third-order valence-electron chi connectivity index (χ3n) is 4.59. The largest absolute Gasteiger partial charge is 0.361 e. The van der Waals surface area contributed by atoms with E-state index in [2.05, 4.69) is 53.2 Å². The van der Waals surface area contributed by atoms with Gasteiger partial charge >= 0.3 is 0 Å². The minimum Gasteiger partial charge on any atom is -0.361 e. The summed E-state index contributed by atoms with van der Waals surface area (Å²) in [6.07, 6.45) is 7.04. The zero-order valence-corrected chi connectivity index (χ0v) is 14.3. The lowest BCUT2D eigenvalue weighted by atomic mass is 10.1. The molecular formula is C19H27N3O. The van der Waals surface area contributed by atoms with Gasteiger partial charge < -0.3 is 4.52 Å². The Morgan fingerprint density at radius 1 is 1.26 bits per heavy atom. The lowest BCUT2D eigenvalue weighted by Crippen LogP contribution is -2.28. The number of likely N-dealkylation sites (tertiary alicyclic amines) is 1. The summed E-state index contributed by atoms with van der Waals surface area (Å²) in [7, 11) is 0. The minimum absolute atomic E-state index is 0.356. The summed E-state index contributed by atoms with van der Waals surface area (Å²) in [6, 6.07) is 8.79. The van der Waals surface area contributed by atoms with Crippen molar-refractivity contribution in [1.29, 1.82) is 0 Å². The molecule has 0 spiro atoms. The van der Waals surface area contributed by atoms with Crippen LogP contribution in [0.5, 0.6) is 0 Å². The highest BCUT2D eigenvalue weighted by molar-refractivity contribution is 5.13. The summed E-state index contributed by atoms with van der Waals surface area (Å²) in [5, 5.41) is 4.37.